The molecule has 4 heteroatoms. The summed E-state index contributed by atoms with van der Waals surface area (Å²) in [5.74, 6) is 1.17. The smallest absolute Gasteiger partial charge is 0.160 e. The first-order valence-electron chi connectivity index (χ1n) is 10.4. The maximum absolute atomic E-state index is 10.2. The fourth-order valence-corrected chi connectivity index (χ4v) is 2.56. The van der Waals surface area contributed by atoms with Crippen molar-refractivity contribution in [1.82, 2.24) is 0 Å². The van der Waals surface area contributed by atoms with Crippen molar-refractivity contribution in [2.45, 2.75) is 38.7 Å². The zero-order valence-electron chi connectivity index (χ0n) is 18.7. The van der Waals surface area contributed by atoms with E-state index in [4.69, 9.17) is 19.7 Å². The third kappa shape index (κ3) is 6.31. The molecule has 0 fully saturated rings. The van der Waals surface area contributed by atoms with E-state index in [0.717, 1.165) is 17.5 Å². The molecule has 0 aliphatic heterocycles. The van der Waals surface area contributed by atoms with Crippen LogP contribution in [0, 0.1) is 6.92 Å². The summed E-state index contributed by atoms with van der Waals surface area (Å²) in [6.07, 6.45) is 0.618. The van der Waals surface area contributed by atoms with E-state index < -0.39 is 13.1 Å². The van der Waals surface area contributed by atoms with Crippen molar-refractivity contribution in [3.63, 3.8) is 0 Å². The Kier molecular flexibility index (Phi) is 5.58. The average Bonchev–Trinajstić information content (AvgIpc) is 2.63. The fourth-order valence-electron chi connectivity index (χ4n) is 2.56. The molecule has 0 aliphatic rings. The molecule has 0 bridgehead atoms. The Labute approximate surface area is 156 Å². The fraction of sp³-hybridized carbons (Fsp3) is 0.429. The van der Waals surface area contributed by atoms with Crippen molar-refractivity contribution in [1.29, 1.82) is 0 Å². The van der Waals surface area contributed by atoms with Gasteiger partial charge in [-0.15, -0.1) is 0 Å². The molecule has 25 heavy (non-hydrogen) atoms. The quantitative estimate of drug-likeness (QED) is 0.655. The molecule has 0 aromatic heterocycles. The maximum atomic E-state index is 10.2. The van der Waals surface area contributed by atoms with Crippen LogP contribution in [0.3, 0.4) is 0 Å². The van der Waals surface area contributed by atoms with E-state index in [1.165, 1.54) is 7.11 Å². The van der Waals surface area contributed by atoms with Gasteiger partial charge >= 0.3 is 0 Å². The topological polar surface area (TPSA) is 47.9 Å². The molecule has 136 valence electrons. The molecule has 0 saturated carbocycles. The predicted octanol–water partition coefficient (Wildman–Crippen LogP) is 4.16. The van der Waals surface area contributed by atoms with Crippen molar-refractivity contribution in [3.05, 3.63) is 53.6 Å². The zero-order chi connectivity index (χ0) is 21.5. The number of hydrogen-bond acceptors (Lipinski definition) is 4. The van der Waals surface area contributed by atoms with Gasteiger partial charge in [-0.05, 0) is 61.6 Å². The van der Waals surface area contributed by atoms with Gasteiger partial charge in [-0.3, -0.25) is 0 Å². The van der Waals surface area contributed by atoms with E-state index in [1.54, 1.807) is 18.2 Å². The first-order valence-corrected chi connectivity index (χ1v) is 8.36. The predicted molar refractivity (Wildman–Crippen MR) is 99.8 cm³/mol. The van der Waals surface area contributed by atoms with Crippen LogP contribution in [0.15, 0.2) is 42.5 Å². The molecular weight excluding hydrogens is 316 g/mol. The van der Waals surface area contributed by atoms with Gasteiger partial charge in [0.2, 0.25) is 0 Å². The van der Waals surface area contributed by atoms with Crippen molar-refractivity contribution >= 4 is 0 Å². The van der Waals surface area contributed by atoms with Crippen molar-refractivity contribution < 1.29 is 24.8 Å². The van der Waals surface area contributed by atoms with Gasteiger partial charge < -0.3 is 19.3 Å². The number of aliphatic hydroxyl groups is 1. The molecule has 1 unspecified atom stereocenters. The van der Waals surface area contributed by atoms with Crippen molar-refractivity contribution in [2.75, 3.05) is 20.8 Å². The number of ether oxygens (including phenoxy) is 3. The van der Waals surface area contributed by atoms with Crippen LogP contribution in [0.25, 0.3) is 0 Å². The highest BCUT2D eigenvalue weighted by Gasteiger charge is 2.07. The standard InChI is InChI=1S/C21H28O4/c1-16-7-6-10-19(13-16)25-15-18(22)9-5-4-8-17-11-12-20(23-2)21(14-17)24-3/h6-7,10-14,18,22H,4-5,8-9,15H2,1-3H3/i3D3,18D. The van der Waals surface area contributed by atoms with Gasteiger partial charge in [-0.1, -0.05) is 24.6 Å². The van der Waals surface area contributed by atoms with Crippen molar-refractivity contribution in [3.8, 4) is 17.2 Å². The lowest BCUT2D eigenvalue weighted by Gasteiger charge is -2.13. The second-order valence-corrected chi connectivity index (χ2v) is 5.97. The van der Waals surface area contributed by atoms with E-state index in [0.29, 0.717) is 24.3 Å². The minimum Gasteiger partial charge on any atom is -0.493 e. The summed E-state index contributed by atoms with van der Waals surface area (Å²) in [6.45, 7) is 1.85. The molecule has 2 aromatic carbocycles. The second-order valence-electron chi connectivity index (χ2n) is 5.97. The van der Waals surface area contributed by atoms with E-state index in [2.05, 4.69) is 0 Å². The van der Waals surface area contributed by atoms with Gasteiger partial charge in [-0.25, -0.2) is 0 Å². The molecule has 1 atom stereocenters. The normalized spacial score (nSPS) is 16.0. The second kappa shape index (κ2) is 9.94. The Hall–Kier alpha value is -2.20. The van der Waals surface area contributed by atoms with Crippen LogP contribution in [0.5, 0.6) is 17.2 Å². The van der Waals surface area contributed by atoms with Crippen LogP contribution in [0.1, 0.15) is 35.9 Å². The molecule has 2 rings (SSSR count). The summed E-state index contributed by atoms with van der Waals surface area (Å²) in [5.41, 5.74) is 1.95. The molecule has 4 nitrogen and oxygen atoms in total. The zero-order valence-corrected chi connectivity index (χ0v) is 14.7. The lowest BCUT2D eigenvalue weighted by molar-refractivity contribution is 0.0976. The number of benzene rings is 2. The Morgan fingerprint density at radius 1 is 1.12 bits per heavy atom. The summed E-state index contributed by atoms with van der Waals surface area (Å²) in [6, 6.07) is 12.6. The average molecular weight is 348 g/mol. The van der Waals surface area contributed by atoms with Gasteiger partial charge in [0.1, 0.15) is 12.4 Å². The number of hydrogen-bond donors (Lipinski definition) is 1. The van der Waals surface area contributed by atoms with Crippen LogP contribution in [0.2, 0.25) is 0 Å². The molecule has 1 N–H and O–H groups in total. The largest absolute Gasteiger partial charge is 0.493 e. The molecule has 0 heterocycles. The highest BCUT2D eigenvalue weighted by Crippen LogP contribution is 2.28. The van der Waals surface area contributed by atoms with Crippen molar-refractivity contribution in [2.24, 2.45) is 0 Å². The summed E-state index contributed by atoms with van der Waals surface area (Å²) in [4.78, 5) is 0. The van der Waals surface area contributed by atoms with Crippen LogP contribution in [-0.2, 0) is 6.42 Å². The molecule has 0 saturated heterocycles. The SMILES string of the molecule is [2H]C(O)(CCCCc1ccc(OC)c(OC([2H])([2H])[2H])c1)COc1cccc(C)c1. The summed E-state index contributed by atoms with van der Waals surface area (Å²) >= 11 is 0. The molecule has 0 radical (unpaired) electrons. The highest BCUT2D eigenvalue weighted by molar-refractivity contribution is 5.42. The Bertz CT molecular complexity index is 790. The summed E-state index contributed by atoms with van der Waals surface area (Å²) in [7, 11) is -1.10. The van der Waals surface area contributed by atoms with Gasteiger partial charge in [0, 0.05) is 0 Å². The molecular formula is C21H28O4. The Morgan fingerprint density at radius 2 is 2.00 bits per heavy atom. The first-order chi connectivity index (χ1) is 13.6. The highest BCUT2D eigenvalue weighted by atomic mass is 16.5. The molecule has 0 spiro atoms. The third-order valence-corrected chi connectivity index (χ3v) is 3.91. The lowest BCUT2D eigenvalue weighted by atomic mass is 10.0. The Balaban J connectivity index is 1.82. The van der Waals surface area contributed by atoms with Crippen LogP contribution in [0.4, 0.5) is 0 Å². The van der Waals surface area contributed by atoms with E-state index in [-0.39, 0.29) is 18.8 Å². The van der Waals surface area contributed by atoms with E-state index in [9.17, 15) is 5.11 Å². The van der Waals surface area contributed by atoms with E-state index in [1.807, 2.05) is 31.2 Å². The lowest BCUT2D eigenvalue weighted by Crippen LogP contribution is -2.17. The molecule has 0 aliphatic carbocycles. The van der Waals surface area contributed by atoms with Crippen LogP contribution in [-0.4, -0.2) is 31.9 Å². The summed E-state index contributed by atoms with van der Waals surface area (Å²) < 4.78 is 45.5. The first kappa shape index (κ1) is 14.0. The number of unbranched alkanes of at least 4 members (excludes halogenated alkanes) is 1. The van der Waals surface area contributed by atoms with Gasteiger partial charge in [0.05, 0.1) is 25.7 Å². The number of methoxy groups -OCH3 is 2. The Morgan fingerprint density at radius 3 is 2.76 bits per heavy atom. The van der Waals surface area contributed by atoms with Crippen LogP contribution < -0.4 is 14.2 Å². The number of aryl methyl sites for hydroxylation is 2. The third-order valence-electron chi connectivity index (χ3n) is 3.91. The maximum Gasteiger partial charge on any atom is 0.160 e. The van der Waals surface area contributed by atoms with Gasteiger partial charge in [-0.2, -0.15) is 0 Å². The number of rotatable bonds is 10. The van der Waals surface area contributed by atoms with Gasteiger partial charge in [0.15, 0.2) is 11.5 Å². The van der Waals surface area contributed by atoms with Crippen LogP contribution >= 0.6 is 0 Å². The molecule has 2 aromatic rings. The minimum absolute atomic E-state index is 0.102. The monoisotopic (exact) mass is 348 g/mol. The summed E-state index contributed by atoms with van der Waals surface area (Å²) in [5, 5.41) is 10.2. The van der Waals surface area contributed by atoms with Gasteiger partial charge in [0.25, 0.3) is 0 Å². The minimum atomic E-state index is -2.55. The molecule has 0 amide bonds. The van der Waals surface area contributed by atoms with E-state index >= 15 is 0 Å².